The van der Waals surface area contributed by atoms with E-state index in [-0.39, 0.29) is 16.8 Å². The van der Waals surface area contributed by atoms with E-state index in [0.29, 0.717) is 39.5 Å². The van der Waals surface area contributed by atoms with Gasteiger partial charge in [-0.2, -0.15) is 0 Å². The zero-order chi connectivity index (χ0) is 28.5. The van der Waals surface area contributed by atoms with Crippen LogP contribution in [-0.2, 0) is 0 Å². The van der Waals surface area contributed by atoms with Gasteiger partial charge < -0.3 is 30.1 Å². The summed E-state index contributed by atoms with van der Waals surface area (Å²) >= 11 is 7.56. The zero-order valence-electron chi connectivity index (χ0n) is 21.6. The molecule has 0 spiro atoms. The van der Waals surface area contributed by atoms with Crippen LogP contribution in [0.1, 0.15) is 20.7 Å². The van der Waals surface area contributed by atoms with Crippen molar-refractivity contribution >= 4 is 58.1 Å². The number of carbonyl (C=O) groups excluding carboxylic acids is 2. The molecule has 2 amide bonds. The van der Waals surface area contributed by atoms with Gasteiger partial charge in [0, 0.05) is 17.4 Å². The number of halogens is 2. The van der Waals surface area contributed by atoms with Gasteiger partial charge in [-0.1, -0.05) is 41.9 Å². The van der Waals surface area contributed by atoms with Crippen LogP contribution in [0.2, 0.25) is 5.02 Å². The minimum atomic E-state index is -0.668. The van der Waals surface area contributed by atoms with Crippen LogP contribution in [-0.4, -0.2) is 31.9 Å². The Hall–Kier alpha value is -4.41. The summed E-state index contributed by atoms with van der Waals surface area (Å²) in [6.45, 7) is 0. The second kappa shape index (κ2) is 13.6. The van der Waals surface area contributed by atoms with Crippen molar-refractivity contribution in [3.8, 4) is 11.5 Å². The number of carbonyl (C=O) groups is 2. The maximum atomic E-state index is 14.2. The number of amides is 2. The number of para-hydroxylation sites is 1. The predicted molar refractivity (Wildman–Crippen MR) is 159 cm³/mol. The van der Waals surface area contributed by atoms with Crippen molar-refractivity contribution in [2.24, 2.45) is 0 Å². The van der Waals surface area contributed by atoms with E-state index < -0.39 is 17.6 Å². The quantitative estimate of drug-likeness (QED) is 0.0850. The Morgan fingerprint density at radius 2 is 1.48 bits per heavy atom. The lowest BCUT2D eigenvalue weighted by Crippen LogP contribution is -2.19. The highest BCUT2D eigenvalue weighted by atomic mass is 35.5. The SMILES string of the molecule is COc1cc(OC)c(NCSNc2ccc(NC(=O)c3ccccc3F)c(C(=O)Nc3ccccc3)c2)cc1Cl. The molecule has 206 valence electrons. The summed E-state index contributed by atoms with van der Waals surface area (Å²) in [5.74, 6) is -0.295. The third-order valence-electron chi connectivity index (χ3n) is 5.66. The van der Waals surface area contributed by atoms with Gasteiger partial charge in [-0.05, 0) is 60.5 Å². The predicted octanol–water partition coefficient (Wildman–Crippen LogP) is 7.13. The Labute approximate surface area is 240 Å². The molecular formula is C29H26ClFN4O4S. The van der Waals surface area contributed by atoms with E-state index in [4.69, 9.17) is 21.1 Å². The number of rotatable bonds is 11. The summed E-state index contributed by atoms with van der Waals surface area (Å²) < 4.78 is 28.0. The number of anilines is 4. The van der Waals surface area contributed by atoms with Gasteiger partial charge in [-0.3, -0.25) is 9.59 Å². The number of benzene rings is 4. The van der Waals surface area contributed by atoms with Crippen molar-refractivity contribution in [1.29, 1.82) is 0 Å². The molecule has 0 aliphatic heterocycles. The molecule has 8 nitrogen and oxygen atoms in total. The highest BCUT2D eigenvalue weighted by Crippen LogP contribution is 2.36. The van der Waals surface area contributed by atoms with Crippen LogP contribution >= 0.6 is 23.5 Å². The monoisotopic (exact) mass is 580 g/mol. The molecule has 0 heterocycles. The first-order chi connectivity index (χ1) is 19.4. The van der Waals surface area contributed by atoms with Crippen LogP contribution in [0.4, 0.5) is 27.1 Å². The highest BCUT2D eigenvalue weighted by Gasteiger charge is 2.18. The molecule has 4 aromatic carbocycles. The Bertz CT molecular complexity index is 1510. The molecule has 0 aromatic heterocycles. The van der Waals surface area contributed by atoms with E-state index in [1.165, 1.54) is 37.3 Å². The van der Waals surface area contributed by atoms with Gasteiger partial charge in [0.05, 0.1) is 47.6 Å². The molecule has 0 saturated heterocycles. The first-order valence-electron chi connectivity index (χ1n) is 12.0. The van der Waals surface area contributed by atoms with E-state index in [1.54, 1.807) is 67.8 Å². The van der Waals surface area contributed by atoms with Crippen molar-refractivity contribution in [3.05, 3.63) is 107 Å². The van der Waals surface area contributed by atoms with Gasteiger partial charge in [0.2, 0.25) is 0 Å². The molecule has 40 heavy (non-hydrogen) atoms. The summed E-state index contributed by atoms with van der Waals surface area (Å²) in [6, 6.07) is 22.8. The summed E-state index contributed by atoms with van der Waals surface area (Å²) in [4.78, 5) is 26.0. The number of hydrogen-bond acceptors (Lipinski definition) is 7. The average molecular weight is 581 g/mol. The van der Waals surface area contributed by atoms with Crippen LogP contribution < -0.4 is 30.1 Å². The summed E-state index contributed by atoms with van der Waals surface area (Å²) in [6.07, 6.45) is 0. The van der Waals surface area contributed by atoms with Crippen molar-refractivity contribution in [3.63, 3.8) is 0 Å². The van der Waals surface area contributed by atoms with E-state index >= 15 is 0 Å². The topological polar surface area (TPSA) is 101 Å². The van der Waals surface area contributed by atoms with Gasteiger partial charge in [0.1, 0.15) is 17.3 Å². The molecule has 0 unspecified atom stereocenters. The molecule has 0 atom stereocenters. The molecule has 0 bridgehead atoms. The maximum Gasteiger partial charge on any atom is 0.258 e. The molecule has 0 radical (unpaired) electrons. The summed E-state index contributed by atoms with van der Waals surface area (Å²) in [5.41, 5.74) is 2.16. The summed E-state index contributed by atoms with van der Waals surface area (Å²) in [7, 11) is 3.08. The lowest BCUT2D eigenvalue weighted by atomic mass is 10.1. The van der Waals surface area contributed by atoms with E-state index in [0.717, 1.165) is 0 Å². The van der Waals surface area contributed by atoms with Crippen molar-refractivity contribution in [2.45, 2.75) is 0 Å². The van der Waals surface area contributed by atoms with E-state index in [9.17, 15) is 14.0 Å². The second-order valence-electron chi connectivity index (χ2n) is 8.27. The van der Waals surface area contributed by atoms with Crippen LogP contribution in [0.25, 0.3) is 0 Å². The fourth-order valence-corrected chi connectivity index (χ4v) is 4.53. The fraction of sp³-hybridized carbons (Fsp3) is 0.103. The lowest BCUT2D eigenvalue weighted by molar-refractivity contribution is 0.102. The van der Waals surface area contributed by atoms with Crippen molar-refractivity contribution < 1.29 is 23.5 Å². The normalized spacial score (nSPS) is 10.4. The van der Waals surface area contributed by atoms with Gasteiger partial charge in [0.25, 0.3) is 11.8 Å². The molecule has 0 aliphatic carbocycles. The Balaban J connectivity index is 1.49. The van der Waals surface area contributed by atoms with Gasteiger partial charge >= 0.3 is 0 Å². The standard InChI is InChI=1S/C29H26ClFN4O4S/c1-38-26-16-27(39-2)25(15-22(26)30)32-17-40-35-19-12-13-24(34-28(36)20-10-6-7-11-23(20)31)21(14-19)29(37)33-18-8-4-3-5-9-18/h3-16,32,35H,17H2,1-2H3,(H,33,37)(H,34,36). The largest absolute Gasteiger partial charge is 0.495 e. The molecule has 0 saturated carbocycles. The molecule has 4 aromatic rings. The smallest absolute Gasteiger partial charge is 0.258 e. The van der Waals surface area contributed by atoms with Crippen LogP contribution in [0, 0.1) is 5.82 Å². The minimum absolute atomic E-state index is 0.130. The molecule has 4 rings (SSSR count). The highest BCUT2D eigenvalue weighted by molar-refractivity contribution is 8.00. The maximum absolute atomic E-state index is 14.2. The molecule has 11 heteroatoms. The molecule has 0 fully saturated rings. The van der Waals surface area contributed by atoms with Crippen molar-refractivity contribution in [1.82, 2.24) is 0 Å². The Morgan fingerprint density at radius 1 is 0.775 bits per heavy atom. The van der Waals surface area contributed by atoms with Gasteiger partial charge in [0.15, 0.2) is 0 Å². The fourth-order valence-electron chi connectivity index (χ4n) is 3.69. The van der Waals surface area contributed by atoms with Gasteiger partial charge in [-0.15, -0.1) is 0 Å². The van der Waals surface area contributed by atoms with Crippen LogP contribution in [0.15, 0.2) is 84.9 Å². The molecular weight excluding hydrogens is 555 g/mol. The van der Waals surface area contributed by atoms with E-state index in [1.807, 2.05) is 6.07 Å². The van der Waals surface area contributed by atoms with Gasteiger partial charge in [-0.25, -0.2) is 4.39 Å². The van der Waals surface area contributed by atoms with E-state index in [2.05, 4.69) is 20.7 Å². The number of nitrogens with one attached hydrogen (secondary N) is 4. The molecule has 4 N–H and O–H groups in total. The Morgan fingerprint density at radius 3 is 2.20 bits per heavy atom. The average Bonchev–Trinajstić information content (AvgIpc) is 2.96. The number of methoxy groups -OCH3 is 2. The summed E-state index contributed by atoms with van der Waals surface area (Å²) in [5, 5.41) is 9.13. The minimum Gasteiger partial charge on any atom is -0.495 e. The Kier molecular flexibility index (Phi) is 9.71. The number of ether oxygens (including phenoxy) is 2. The van der Waals surface area contributed by atoms with Crippen LogP contribution in [0.3, 0.4) is 0 Å². The first kappa shape index (κ1) is 28.6. The van der Waals surface area contributed by atoms with Crippen molar-refractivity contribution in [2.75, 3.05) is 40.8 Å². The lowest BCUT2D eigenvalue weighted by Gasteiger charge is -2.16. The number of hydrogen-bond donors (Lipinski definition) is 4. The first-order valence-corrected chi connectivity index (χ1v) is 13.4. The zero-order valence-corrected chi connectivity index (χ0v) is 23.2. The van der Waals surface area contributed by atoms with Crippen LogP contribution in [0.5, 0.6) is 11.5 Å². The third kappa shape index (κ3) is 7.16. The third-order valence-corrected chi connectivity index (χ3v) is 6.63. The second-order valence-corrected chi connectivity index (χ2v) is 9.46. The molecule has 0 aliphatic rings.